The Hall–Kier alpha value is -2.92. The summed E-state index contributed by atoms with van der Waals surface area (Å²) in [6, 6.07) is 17.5. The maximum absolute atomic E-state index is 12.0. The van der Waals surface area contributed by atoms with Crippen molar-refractivity contribution < 1.29 is 9.53 Å². The molecular weight excluding hydrogens is 332 g/mol. The third-order valence-corrected chi connectivity index (χ3v) is 4.48. The molecule has 1 aromatic heterocycles. The lowest BCUT2D eigenvalue weighted by Gasteiger charge is -2.01. The van der Waals surface area contributed by atoms with E-state index >= 15 is 0 Å². The molecule has 0 saturated carbocycles. The van der Waals surface area contributed by atoms with Gasteiger partial charge in [0.15, 0.2) is 0 Å². The Morgan fingerprint density at radius 2 is 2.04 bits per heavy atom. The highest BCUT2D eigenvalue weighted by Crippen LogP contribution is 2.23. The minimum Gasteiger partial charge on any atom is -0.497 e. The zero-order valence-corrected chi connectivity index (χ0v) is 14.6. The van der Waals surface area contributed by atoms with E-state index in [9.17, 15) is 4.79 Å². The van der Waals surface area contributed by atoms with Gasteiger partial charge in [-0.1, -0.05) is 42.5 Å². The Bertz CT molecular complexity index is 872. The van der Waals surface area contributed by atoms with Crippen molar-refractivity contribution in [1.82, 2.24) is 10.3 Å². The Kier molecular flexibility index (Phi) is 5.59. The number of hydrogen-bond donors (Lipinski definition) is 1. The summed E-state index contributed by atoms with van der Waals surface area (Å²) in [5, 5.41) is 5.77. The summed E-state index contributed by atoms with van der Waals surface area (Å²) in [4.78, 5) is 16.5. The highest BCUT2D eigenvalue weighted by molar-refractivity contribution is 7.13. The Morgan fingerprint density at radius 3 is 2.84 bits per heavy atom. The molecule has 0 aliphatic carbocycles. The van der Waals surface area contributed by atoms with Gasteiger partial charge in [0, 0.05) is 17.0 Å². The third-order valence-electron chi connectivity index (χ3n) is 3.54. The number of hydrogen-bond acceptors (Lipinski definition) is 4. The molecule has 0 fully saturated rings. The summed E-state index contributed by atoms with van der Waals surface area (Å²) in [6.07, 6.45) is 3.27. The standard InChI is InChI=1S/C20H18N2O2S/c1-24-18-9-5-6-15(12-18)10-11-19(23)21-13-17-14-25-20(22-17)16-7-3-2-4-8-16/h2-12,14H,13H2,1H3,(H,21,23)/b11-10+. The molecule has 3 aromatic rings. The van der Waals surface area contributed by atoms with Gasteiger partial charge in [-0.05, 0) is 23.8 Å². The van der Waals surface area contributed by atoms with Crippen LogP contribution in [0.15, 0.2) is 66.1 Å². The number of carbonyl (C=O) groups excluding carboxylic acids is 1. The summed E-state index contributed by atoms with van der Waals surface area (Å²) in [7, 11) is 1.62. The number of amides is 1. The lowest BCUT2D eigenvalue weighted by molar-refractivity contribution is -0.116. The average molecular weight is 350 g/mol. The first-order valence-corrected chi connectivity index (χ1v) is 8.72. The molecule has 0 aliphatic rings. The van der Waals surface area contributed by atoms with Gasteiger partial charge in [-0.15, -0.1) is 11.3 Å². The van der Waals surface area contributed by atoms with Crippen LogP contribution in [0.2, 0.25) is 0 Å². The van der Waals surface area contributed by atoms with Crippen molar-refractivity contribution in [2.24, 2.45) is 0 Å². The molecule has 0 saturated heterocycles. The van der Waals surface area contributed by atoms with Crippen LogP contribution in [0.25, 0.3) is 16.6 Å². The van der Waals surface area contributed by atoms with E-state index in [0.29, 0.717) is 6.54 Å². The zero-order chi connectivity index (χ0) is 17.5. The molecule has 126 valence electrons. The summed E-state index contributed by atoms with van der Waals surface area (Å²) >= 11 is 1.57. The van der Waals surface area contributed by atoms with Crippen LogP contribution < -0.4 is 10.1 Å². The number of thiazole rings is 1. The number of nitrogens with zero attached hydrogens (tertiary/aromatic N) is 1. The fraction of sp³-hybridized carbons (Fsp3) is 0.100. The molecule has 0 atom stereocenters. The van der Waals surface area contributed by atoms with Crippen molar-refractivity contribution >= 4 is 23.3 Å². The van der Waals surface area contributed by atoms with E-state index in [-0.39, 0.29) is 5.91 Å². The molecule has 0 spiro atoms. The molecule has 0 bridgehead atoms. The minimum atomic E-state index is -0.155. The fourth-order valence-electron chi connectivity index (χ4n) is 2.26. The highest BCUT2D eigenvalue weighted by atomic mass is 32.1. The average Bonchev–Trinajstić information content (AvgIpc) is 3.15. The van der Waals surface area contributed by atoms with Crippen molar-refractivity contribution in [2.45, 2.75) is 6.54 Å². The Labute approximate surface area is 150 Å². The topological polar surface area (TPSA) is 51.2 Å². The maximum atomic E-state index is 12.0. The quantitative estimate of drug-likeness (QED) is 0.680. The summed E-state index contributed by atoms with van der Waals surface area (Å²) in [6.45, 7) is 0.407. The highest BCUT2D eigenvalue weighted by Gasteiger charge is 2.05. The first-order chi connectivity index (χ1) is 12.2. The van der Waals surface area contributed by atoms with Gasteiger partial charge in [-0.25, -0.2) is 4.98 Å². The van der Waals surface area contributed by atoms with Gasteiger partial charge >= 0.3 is 0 Å². The molecular formula is C20H18N2O2S. The van der Waals surface area contributed by atoms with Crippen LogP contribution in [0.3, 0.4) is 0 Å². The van der Waals surface area contributed by atoms with Gasteiger partial charge < -0.3 is 10.1 Å². The Morgan fingerprint density at radius 1 is 1.20 bits per heavy atom. The first kappa shape index (κ1) is 16.9. The molecule has 1 heterocycles. The van der Waals surface area contributed by atoms with Crippen LogP contribution in [0, 0.1) is 0 Å². The predicted molar refractivity (Wildman–Crippen MR) is 101 cm³/mol. The Balaban J connectivity index is 1.55. The number of methoxy groups -OCH3 is 1. The van der Waals surface area contributed by atoms with Crippen molar-refractivity contribution in [1.29, 1.82) is 0 Å². The van der Waals surface area contributed by atoms with Gasteiger partial charge in [0.2, 0.25) is 5.91 Å². The SMILES string of the molecule is COc1cccc(/C=C/C(=O)NCc2csc(-c3ccccc3)n2)c1. The van der Waals surface area contributed by atoms with Crippen LogP contribution in [0.5, 0.6) is 5.75 Å². The zero-order valence-electron chi connectivity index (χ0n) is 13.8. The van der Waals surface area contributed by atoms with E-state index < -0.39 is 0 Å². The molecule has 1 amide bonds. The van der Waals surface area contributed by atoms with Crippen LogP contribution in [0.1, 0.15) is 11.3 Å². The lowest BCUT2D eigenvalue weighted by atomic mass is 10.2. The fourth-order valence-corrected chi connectivity index (χ4v) is 3.08. The van der Waals surface area contributed by atoms with Crippen molar-refractivity contribution in [2.75, 3.05) is 7.11 Å². The van der Waals surface area contributed by atoms with E-state index in [2.05, 4.69) is 10.3 Å². The van der Waals surface area contributed by atoms with E-state index in [1.807, 2.05) is 60.0 Å². The molecule has 2 aromatic carbocycles. The molecule has 0 aliphatic heterocycles. The summed E-state index contributed by atoms with van der Waals surface area (Å²) in [5.41, 5.74) is 2.85. The summed E-state index contributed by atoms with van der Waals surface area (Å²) < 4.78 is 5.16. The normalized spacial score (nSPS) is 10.8. The second-order valence-electron chi connectivity index (χ2n) is 5.34. The van der Waals surface area contributed by atoms with Gasteiger partial charge in [-0.2, -0.15) is 0 Å². The number of aromatic nitrogens is 1. The van der Waals surface area contributed by atoms with Gasteiger partial charge in [0.05, 0.1) is 19.3 Å². The largest absolute Gasteiger partial charge is 0.497 e. The van der Waals surface area contributed by atoms with E-state index in [4.69, 9.17) is 4.74 Å². The number of rotatable bonds is 6. The van der Waals surface area contributed by atoms with E-state index in [1.165, 1.54) is 6.08 Å². The smallest absolute Gasteiger partial charge is 0.244 e. The molecule has 25 heavy (non-hydrogen) atoms. The molecule has 0 unspecified atom stereocenters. The second-order valence-corrected chi connectivity index (χ2v) is 6.20. The first-order valence-electron chi connectivity index (χ1n) is 7.84. The number of ether oxygens (including phenoxy) is 1. The van der Waals surface area contributed by atoms with Crippen molar-refractivity contribution in [3.8, 4) is 16.3 Å². The second kappa shape index (κ2) is 8.26. The van der Waals surface area contributed by atoms with Crippen LogP contribution in [-0.2, 0) is 11.3 Å². The minimum absolute atomic E-state index is 0.155. The third kappa shape index (κ3) is 4.78. The van der Waals surface area contributed by atoms with Gasteiger partial charge in [0.1, 0.15) is 10.8 Å². The predicted octanol–water partition coefficient (Wildman–Crippen LogP) is 4.15. The molecule has 1 N–H and O–H groups in total. The maximum Gasteiger partial charge on any atom is 0.244 e. The van der Waals surface area contributed by atoms with Gasteiger partial charge in [-0.3, -0.25) is 4.79 Å². The number of benzene rings is 2. The van der Waals surface area contributed by atoms with E-state index in [0.717, 1.165) is 27.6 Å². The molecule has 0 radical (unpaired) electrons. The number of carbonyl (C=O) groups is 1. The van der Waals surface area contributed by atoms with Crippen LogP contribution in [-0.4, -0.2) is 18.0 Å². The number of nitrogens with one attached hydrogen (secondary N) is 1. The van der Waals surface area contributed by atoms with Crippen molar-refractivity contribution in [3.63, 3.8) is 0 Å². The lowest BCUT2D eigenvalue weighted by Crippen LogP contribution is -2.20. The van der Waals surface area contributed by atoms with Crippen LogP contribution >= 0.6 is 11.3 Å². The summed E-state index contributed by atoms with van der Waals surface area (Å²) in [5.74, 6) is 0.607. The molecule has 5 heteroatoms. The monoisotopic (exact) mass is 350 g/mol. The van der Waals surface area contributed by atoms with Crippen molar-refractivity contribution in [3.05, 3.63) is 77.3 Å². The van der Waals surface area contributed by atoms with Gasteiger partial charge in [0.25, 0.3) is 0 Å². The molecule has 4 nitrogen and oxygen atoms in total. The van der Waals surface area contributed by atoms with E-state index in [1.54, 1.807) is 24.5 Å². The van der Waals surface area contributed by atoms with Crippen LogP contribution in [0.4, 0.5) is 0 Å². The molecule has 3 rings (SSSR count).